The highest BCUT2D eigenvalue weighted by Gasteiger charge is 2.19. The maximum absolute atomic E-state index is 12.8. The highest BCUT2D eigenvalue weighted by atomic mass is 16.6. The standard InChI is InChI=1S/C66H114O6/c1-4-7-10-13-16-18-20-22-24-26-28-30-32-33-35-36-38-40-42-44-46-48-50-53-56-59-65(68)71-62-63(61-70-64(67)58-55-52-15-12-9-6-3)72-66(69)60-57-54-51-49-47-45-43-41-39-37-34-31-29-27-25-23-21-19-17-14-11-8-5-2/h8,11,17,19,23,25,29,31,37,39,43,45,49,51,63H,4-7,9-10,12-16,18,20-22,24,26-28,30,32-36,38,40-42,44,46-48,50,52-62H2,1-3H3/b11-8-,19-17-,25-23-,31-29-,39-37-,45-43-,51-49-. The molecule has 0 heterocycles. The van der Waals surface area contributed by atoms with Crippen molar-refractivity contribution in [3.63, 3.8) is 0 Å². The summed E-state index contributed by atoms with van der Waals surface area (Å²) in [6, 6.07) is 0. The van der Waals surface area contributed by atoms with E-state index in [1.54, 1.807) is 0 Å². The summed E-state index contributed by atoms with van der Waals surface area (Å²) in [5.41, 5.74) is 0. The lowest BCUT2D eigenvalue weighted by atomic mass is 10.0. The summed E-state index contributed by atoms with van der Waals surface area (Å²) in [6.45, 7) is 6.44. The first-order valence-electron chi connectivity index (χ1n) is 30.6. The molecule has 0 spiro atoms. The van der Waals surface area contributed by atoms with Gasteiger partial charge in [-0.2, -0.15) is 0 Å². The highest BCUT2D eigenvalue weighted by molar-refractivity contribution is 5.71. The molecule has 0 aliphatic carbocycles. The minimum Gasteiger partial charge on any atom is -0.462 e. The Bertz CT molecular complexity index is 1380. The predicted octanol–water partition coefficient (Wildman–Crippen LogP) is 20.7. The Kier molecular flexibility index (Phi) is 57.3. The normalized spacial score (nSPS) is 12.7. The molecule has 0 radical (unpaired) electrons. The Morgan fingerprint density at radius 3 is 0.833 bits per heavy atom. The molecule has 0 fully saturated rings. The molecule has 0 aliphatic rings. The van der Waals surface area contributed by atoms with Crippen molar-refractivity contribution >= 4 is 17.9 Å². The van der Waals surface area contributed by atoms with Crippen LogP contribution < -0.4 is 0 Å². The summed E-state index contributed by atoms with van der Waals surface area (Å²) < 4.78 is 16.7. The first-order chi connectivity index (χ1) is 35.5. The third-order valence-electron chi connectivity index (χ3n) is 13.2. The van der Waals surface area contributed by atoms with Gasteiger partial charge >= 0.3 is 17.9 Å². The van der Waals surface area contributed by atoms with E-state index in [4.69, 9.17) is 14.2 Å². The van der Waals surface area contributed by atoms with Gasteiger partial charge in [-0.25, -0.2) is 0 Å². The zero-order chi connectivity index (χ0) is 52.2. The van der Waals surface area contributed by atoms with Crippen molar-refractivity contribution < 1.29 is 28.6 Å². The molecule has 0 aromatic carbocycles. The van der Waals surface area contributed by atoms with Crippen LogP contribution in [0.4, 0.5) is 0 Å². The van der Waals surface area contributed by atoms with Crippen LogP contribution in [-0.2, 0) is 28.6 Å². The number of esters is 3. The molecule has 0 rings (SSSR count). The Balaban J connectivity index is 4.18. The van der Waals surface area contributed by atoms with Crippen molar-refractivity contribution in [2.24, 2.45) is 0 Å². The first-order valence-corrected chi connectivity index (χ1v) is 30.6. The Morgan fingerprint density at radius 2 is 0.542 bits per heavy atom. The first kappa shape index (κ1) is 68.6. The van der Waals surface area contributed by atoms with Crippen LogP contribution in [0.15, 0.2) is 85.1 Å². The summed E-state index contributed by atoms with van der Waals surface area (Å²) >= 11 is 0. The Hall–Kier alpha value is -3.41. The lowest BCUT2D eigenvalue weighted by Crippen LogP contribution is -2.30. The average Bonchev–Trinajstić information content (AvgIpc) is 3.38. The SMILES string of the molecule is CC/C=C\C/C=C\C/C=C\C/C=C\C/C=C\C/C=C\C/C=C\CCCC(=O)OC(COC(=O)CCCCCCCC)COC(=O)CCCCCCCCCCCCCCCCCCCCCCCCCCC. The minimum atomic E-state index is -0.803. The molecule has 6 heteroatoms. The molecule has 0 N–H and O–H groups in total. The minimum absolute atomic E-state index is 0.0971. The number of ether oxygens (including phenoxy) is 3. The summed E-state index contributed by atoms with van der Waals surface area (Å²) in [7, 11) is 0. The molecular weight excluding hydrogens is 889 g/mol. The van der Waals surface area contributed by atoms with Crippen molar-refractivity contribution in [2.75, 3.05) is 13.2 Å². The number of carbonyl (C=O) groups excluding carboxylic acids is 3. The molecule has 0 aliphatic heterocycles. The van der Waals surface area contributed by atoms with Crippen LogP contribution in [0.5, 0.6) is 0 Å². The van der Waals surface area contributed by atoms with Crippen molar-refractivity contribution in [1.82, 2.24) is 0 Å². The average molecular weight is 1000 g/mol. The molecular formula is C66H114O6. The van der Waals surface area contributed by atoms with E-state index in [1.165, 1.54) is 161 Å². The number of hydrogen-bond donors (Lipinski definition) is 0. The highest BCUT2D eigenvalue weighted by Crippen LogP contribution is 2.17. The van der Waals surface area contributed by atoms with Crippen LogP contribution in [0.3, 0.4) is 0 Å². The zero-order valence-electron chi connectivity index (χ0n) is 47.4. The number of hydrogen-bond acceptors (Lipinski definition) is 6. The Morgan fingerprint density at radius 1 is 0.292 bits per heavy atom. The van der Waals surface area contributed by atoms with Gasteiger partial charge in [0.1, 0.15) is 13.2 Å². The zero-order valence-corrected chi connectivity index (χ0v) is 47.4. The van der Waals surface area contributed by atoms with E-state index in [2.05, 4.69) is 106 Å². The summed E-state index contributed by atoms with van der Waals surface area (Å²) in [5, 5.41) is 0. The second-order valence-corrected chi connectivity index (χ2v) is 20.2. The van der Waals surface area contributed by atoms with Crippen LogP contribution >= 0.6 is 0 Å². The molecule has 0 bridgehead atoms. The third-order valence-corrected chi connectivity index (χ3v) is 13.2. The summed E-state index contributed by atoms with van der Waals surface area (Å²) in [6.07, 6.45) is 79.2. The van der Waals surface area contributed by atoms with Crippen LogP contribution in [0, 0.1) is 0 Å². The fraction of sp³-hybridized carbons (Fsp3) is 0.742. The Labute approximate surface area is 445 Å². The fourth-order valence-corrected chi connectivity index (χ4v) is 8.61. The van der Waals surface area contributed by atoms with E-state index < -0.39 is 6.10 Å². The van der Waals surface area contributed by atoms with E-state index in [1.807, 2.05) is 0 Å². The molecule has 414 valence electrons. The summed E-state index contributed by atoms with van der Waals surface area (Å²) in [5.74, 6) is -0.959. The molecule has 0 aromatic rings. The molecule has 0 saturated carbocycles. The maximum atomic E-state index is 12.8. The lowest BCUT2D eigenvalue weighted by Gasteiger charge is -2.18. The third kappa shape index (κ3) is 57.5. The monoisotopic (exact) mass is 1000 g/mol. The largest absolute Gasteiger partial charge is 0.462 e. The van der Waals surface area contributed by atoms with E-state index in [0.717, 1.165) is 89.9 Å². The number of carbonyl (C=O) groups is 3. The van der Waals surface area contributed by atoms with Gasteiger partial charge in [0.05, 0.1) is 0 Å². The molecule has 6 nitrogen and oxygen atoms in total. The smallest absolute Gasteiger partial charge is 0.306 e. The quantitative estimate of drug-likeness (QED) is 0.0261. The maximum Gasteiger partial charge on any atom is 0.306 e. The van der Waals surface area contributed by atoms with Gasteiger partial charge in [-0.3, -0.25) is 14.4 Å². The van der Waals surface area contributed by atoms with Gasteiger partial charge in [0.25, 0.3) is 0 Å². The topological polar surface area (TPSA) is 78.9 Å². The van der Waals surface area contributed by atoms with E-state index in [-0.39, 0.29) is 37.5 Å². The van der Waals surface area contributed by atoms with E-state index in [0.29, 0.717) is 19.3 Å². The van der Waals surface area contributed by atoms with Gasteiger partial charge in [-0.05, 0) is 70.6 Å². The van der Waals surface area contributed by atoms with E-state index >= 15 is 0 Å². The van der Waals surface area contributed by atoms with Crippen LogP contribution in [0.2, 0.25) is 0 Å². The molecule has 1 atom stereocenters. The van der Waals surface area contributed by atoms with Crippen molar-refractivity contribution in [1.29, 1.82) is 0 Å². The summed E-state index contributed by atoms with van der Waals surface area (Å²) in [4.78, 5) is 37.9. The van der Waals surface area contributed by atoms with Gasteiger partial charge in [0.15, 0.2) is 6.10 Å². The number of unbranched alkanes of at least 4 members (excludes halogenated alkanes) is 30. The van der Waals surface area contributed by atoms with Gasteiger partial charge in [0, 0.05) is 19.3 Å². The second-order valence-electron chi connectivity index (χ2n) is 20.2. The second kappa shape index (κ2) is 60.1. The van der Waals surface area contributed by atoms with Gasteiger partial charge in [-0.15, -0.1) is 0 Å². The lowest BCUT2D eigenvalue weighted by molar-refractivity contribution is -0.167. The predicted molar refractivity (Wildman–Crippen MR) is 311 cm³/mol. The van der Waals surface area contributed by atoms with Gasteiger partial charge in [0.2, 0.25) is 0 Å². The van der Waals surface area contributed by atoms with Crippen molar-refractivity contribution in [3.8, 4) is 0 Å². The van der Waals surface area contributed by atoms with Gasteiger partial charge < -0.3 is 14.2 Å². The van der Waals surface area contributed by atoms with Crippen LogP contribution in [0.1, 0.15) is 297 Å². The van der Waals surface area contributed by atoms with Crippen molar-refractivity contribution in [3.05, 3.63) is 85.1 Å². The number of rotatable bonds is 55. The van der Waals surface area contributed by atoms with Gasteiger partial charge in [-0.1, -0.05) is 292 Å². The molecule has 72 heavy (non-hydrogen) atoms. The van der Waals surface area contributed by atoms with E-state index in [9.17, 15) is 14.4 Å². The van der Waals surface area contributed by atoms with Crippen LogP contribution in [0.25, 0.3) is 0 Å². The van der Waals surface area contributed by atoms with Crippen LogP contribution in [-0.4, -0.2) is 37.2 Å². The van der Waals surface area contributed by atoms with Crippen molar-refractivity contribution in [2.45, 2.75) is 303 Å². The number of allylic oxidation sites excluding steroid dienone is 14. The fourth-order valence-electron chi connectivity index (χ4n) is 8.61. The molecule has 0 amide bonds. The molecule has 0 aromatic heterocycles. The molecule has 0 saturated heterocycles. The molecule has 1 unspecified atom stereocenters.